The second kappa shape index (κ2) is 5.90. The van der Waals surface area contributed by atoms with Crippen LogP contribution in [0.25, 0.3) is 0 Å². The fraction of sp³-hybridized carbons (Fsp3) is 0.375. The van der Waals surface area contributed by atoms with Crippen molar-refractivity contribution >= 4 is 11.9 Å². The summed E-state index contributed by atoms with van der Waals surface area (Å²) in [6.07, 6.45) is 5.28. The van der Waals surface area contributed by atoms with Crippen molar-refractivity contribution < 1.29 is 14.7 Å². The molecule has 20 heavy (non-hydrogen) atoms. The summed E-state index contributed by atoms with van der Waals surface area (Å²) in [4.78, 5) is 23.6. The summed E-state index contributed by atoms with van der Waals surface area (Å²) in [5, 5.41) is 12.1. The van der Waals surface area contributed by atoms with Gasteiger partial charge in [0.1, 0.15) is 0 Å². The van der Waals surface area contributed by atoms with Gasteiger partial charge in [0.2, 0.25) is 5.91 Å². The van der Waals surface area contributed by atoms with Gasteiger partial charge >= 0.3 is 5.97 Å². The molecular weight excluding hydrogens is 254 g/mol. The molecule has 0 aromatic heterocycles. The number of carbonyl (C=O) groups is 2. The number of aliphatic carboxylic acids is 1. The molecule has 0 fully saturated rings. The fourth-order valence-electron chi connectivity index (χ4n) is 2.45. The minimum atomic E-state index is -1.03. The lowest BCUT2D eigenvalue weighted by Crippen LogP contribution is -2.37. The van der Waals surface area contributed by atoms with Crippen molar-refractivity contribution in [2.75, 3.05) is 0 Å². The third kappa shape index (κ3) is 2.90. The van der Waals surface area contributed by atoms with Crippen LogP contribution in [0.3, 0.4) is 0 Å². The number of hydrogen-bond acceptors (Lipinski definition) is 2. The van der Waals surface area contributed by atoms with E-state index in [1.165, 1.54) is 0 Å². The van der Waals surface area contributed by atoms with Crippen LogP contribution in [-0.4, -0.2) is 17.0 Å². The molecule has 1 aromatic carbocycles. The minimum Gasteiger partial charge on any atom is -0.479 e. The lowest BCUT2D eigenvalue weighted by molar-refractivity contribution is -0.142. The van der Waals surface area contributed by atoms with E-state index in [9.17, 15) is 14.7 Å². The van der Waals surface area contributed by atoms with E-state index in [0.717, 1.165) is 11.1 Å². The molecule has 1 amide bonds. The molecule has 0 heterocycles. The maximum absolute atomic E-state index is 12.1. The van der Waals surface area contributed by atoms with Crippen LogP contribution in [0.15, 0.2) is 30.4 Å². The Balaban J connectivity index is 2.21. The van der Waals surface area contributed by atoms with Crippen LogP contribution in [0.5, 0.6) is 0 Å². The molecule has 1 aliphatic rings. The Labute approximate surface area is 118 Å². The molecule has 0 aliphatic heterocycles. The molecule has 1 unspecified atom stereocenters. The number of carbonyl (C=O) groups excluding carboxylic acids is 1. The molecule has 1 aromatic rings. The first-order chi connectivity index (χ1) is 9.50. The number of benzene rings is 1. The van der Waals surface area contributed by atoms with Gasteiger partial charge in [0.15, 0.2) is 6.04 Å². The van der Waals surface area contributed by atoms with Crippen LogP contribution in [0.2, 0.25) is 0 Å². The molecule has 0 radical (unpaired) electrons. The largest absolute Gasteiger partial charge is 0.479 e. The van der Waals surface area contributed by atoms with Crippen molar-refractivity contribution in [3.8, 4) is 0 Å². The second-order valence-corrected chi connectivity index (χ2v) is 5.21. The summed E-state index contributed by atoms with van der Waals surface area (Å²) in [6, 6.07) is 4.52. The summed E-state index contributed by atoms with van der Waals surface area (Å²) >= 11 is 0. The normalized spacial score (nSPS) is 16.1. The Morgan fingerprint density at radius 3 is 2.50 bits per heavy atom. The summed E-state index contributed by atoms with van der Waals surface area (Å²) in [5.74, 6) is -1.36. The topological polar surface area (TPSA) is 66.4 Å². The van der Waals surface area contributed by atoms with Crippen molar-refractivity contribution in [2.24, 2.45) is 5.92 Å². The van der Waals surface area contributed by atoms with Crippen LogP contribution in [0.4, 0.5) is 0 Å². The number of amides is 1. The van der Waals surface area contributed by atoms with Crippen molar-refractivity contribution in [2.45, 2.75) is 32.7 Å². The first-order valence-corrected chi connectivity index (χ1v) is 6.75. The molecule has 2 rings (SSSR count). The lowest BCUT2D eigenvalue weighted by Gasteiger charge is -2.20. The van der Waals surface area contributed by atoms with Crippen molar-refractivity contribution in [1.82, 2.24) is 5.32 Å². The van der Waals surface area contributed by atoms with Gasteiger partial charge in [0.25, 0.3) is 0 Å². The molecule has 0 saturated heterocycles. The van der Waals surface area contributed by atoms with Crippen LogP contribution in [0.1, 0.15) is 35.6 Å². The number of carboxylic acids is 1. The van der Waals surface area contributed by atoms with Gasteiger partial charge in [-0.25, -0.2) is 4.79 Å². The van der Waals surface area contributed by atoms with E-state index in [2.05, 4.69) is 5.32 Å². The van der Waals surface area contributed by atoms with Crippen LogP contribution >= 0.6 is 0 Å². The molecule has 2 N–H and O–H groups in total. The van der Waals surface area contributed by atoms with E-state index in [-0.39, 0.29) is 11.8 Å². The first-order valence-electron chi connectivity index (χ1n) is 6.75. The van der Waals surface area contributed by atoms with Crippen molar-refractivity contribution in [3.63, 3.8) is 0 Å². The van der Waals surface area contributed by atoms with E-state index in [1.54, 1.807) is 6.07 Å². The molecule has 0 spiro atoms. The Kier molecular flexibility index (Phi) is 4.23. The van der Waals surface area contributed by atoms with Gasteiger partial charge < -0.3 is 10.4 Å². The number of allylic oxidation sites excluding steroid dienone is 2. The number of rotatable bonds is 4. The molecule has 0 bridgehead atoms. The third-order valence-corrected chi connectivity index (χ3v) is 3.87. The lowest BCUT2D eigenvalue weighted by atomic mass is 9.96. The highest BCUT2D eigenvalue weighted by Crippen LogP contribution is 2.23. The van der Waals surface area contributed by atoms with Gasteiger partial charge in [-0.2, -0.15) is 0 Å². The maximum Gasteiger partial charge on any atom is 0.330 e. The zero-order valence-corrected chi connectivity index (χ0v) is 11.7. The van der Waals surface area contributed by atoms with E-state index >= 15 is 0 Å². The molecule has 4 nitrogen and oxygen atoms in total. The van der Waals surface area contributed by atoms with E-state index in [0.29, 0.717) is 18.4 Å². The Morgan fingerprint density at radius 1 is 1.25 bits per heavy atom. The molecular formula is C16H19NO3. The fourth-order valence-corrected chi connectivity index (χ4v) is 2.45. The van der Waals surface area contributed by atoms with E-state index in [4.69, 9.17) is 0 Å². The number of carboxylic acid groups (broad SMARTS) is 1. The average Bonchev–Trinajstić information content (AvgIpc) is 2.93. The van der Waals surface area contributed by atoms with Gasteiger partial charge in [-0.15, -0.1) is 0 Å². The SMILES string of the molecule is Cc1cccc(C(NC(=O)C2CC=CC2)C(=O)O)c1C. The van der Waals surface area contributed by atoms with Gasteiger partial charge in [0.05, 0.1) is 0 Å². The van der Waals surface area contributed by atoms with Crippen LogP contribution in [-0.2, 0) is 9.59 Å². The summed E-state index contributed by atoms with van der Waals surface area (Å²) < 4.78 is 0. The highest BCUT2D eigenvalue weighted by atomic mass is 16.4. The third-order valence-electron chi connectivity index (χ3n) is 3.87. The molecule has 106 valence electrons. The highest BCUT2D eigenvalue weighted by Gasteiger charge is 2.27. The van der Waals surface area contributed by atoms with Gasteiger partial charge in [0, 0.05) is 5.92 Å². The van der Waals surface area contributed by atoms with Gasteiger partial charge in [-0.05, 0) is 43.4 Å². The Bertz CT molecular complexity index is 555. The van der Waals surface area contributed by atoms with Gasteiger partial charge in [-0.3, -0.25) is 4.79 Å². The number of aryl methyl sites for hydroxylation is 1. The Hall–Kier alpha value is -2.10. The number of hydrogen-bond donors (Lipinski definition) is 2. The summed E-state index contributed by atoms with van der Waals surface area (Å²) in [7, 11) is 0. The molecule has 4 heteroatoms. The first kappa shape index (κ1) is 14.3. The summed E-state index contributed by atoms with van der Waals surface area (Å²) in [6.45, 7) is 3.81. The second-order valence-electron chi connectivity index (χ2n) is 5.21. The zero-order chi connectivity index (χ0) is 14.7. The quantitative estimate of drug-likeness (QED) is 0.828. The van der Waals surface area contributed by atoms with E-state index in [1.807, 2.05) is 38.1 Å². The number of nitrogens with one attached hydrogen (secondary N) is 1. The Morgan fingerprint density at radius 2 is 1.90 bits per heavy atom. The zero-order valence-electron chi connectivity index (χ0n) is 11.7. The van der Waals surface area contributed by atoms with Crippen molar-refractivity contribution in [3.05, 3.63) is 47.0 Å². The van der Waals surface area contributed by atoms with Crippen LogP contribution in [0, 0.1) is 19.8 Å². The monoisotopic (exact) mass is 273 g/mol. The summed E-state index contributed by atoms with van der Waals surface area (Å²) in [5.41, 5.74) is 2.58. The predicted molar refractivity (Wildman–Crippen MR) is 76.3 cm³/mol. The standard InChI is InChI=1S/C16H19NO3/c1-10-6-5-9-13(11(10)2)14(16(19)20)17-15(18)12-7-3-4-8-12/h3-6,9,12,14H,7-8H2,1-2H3,(H,17,18)(H,19,20). The minimum absolute atomic E-state index is 0.137. The molecule has 1 aliphatic carbocycles. The smallest absolute Gasteiger partial charge is 0.330 e. The predicted octanol–water partition coefficient (Wildman–Crippen LogP) is 2.51. The highest BCUT2D eigenvalue weighted by molar-refractivity contribution is 5.86. The average molecular weight is 273 g/mol. The van der Waals surface area contributed by atoms with Gasteiger partial charge in [-0.1, -0.05) is 30.4 Å². The maximum atomic E-state index is 12.1. The van der Waals surface area contributed by atoms with Crippen LogP contribution < -0.4 is 5.32 Å². The molecule has 0 saturated carbocycles. The van der Waals surface area contributed by atoms with E-state index < -0.39 is 12.0 Å². The van der Waals surface area contributed by atoms with Crippen molar-refractivity contribution in [1.29, 1.82) is 0 Å². The molecule has 1 atom stereocenters.